The Morgan fingerprint density at radius 2 is 2.00 bits per heavy atom. The summed E-state index contributed by atoms with van der Waals surface area (Å²) in [6.07, 6.45) is 7.73. The van der Waals surface area contributed by atoms with Crippen LogP contribution in [0, 0.1) is 0 Å². The summed E-state index contributed by atoms with van der Waals surface area (Å²) in [5.41, 5.74) is 0.419. The number of hydrogen-bond acceptors (Lipinski definition) is 3. The molecule has 1 spiro atoms. The first-order valence-electron chi connectivity index (χ1n) is 7.15. The Labute approximate surface area is 104 Å². The predicted molar refractivity (Wildman–Crippen MR) is 67.1 cm³/mol. The highest BCUT2D eigenvalue weighted by Crippen LogP contribution is 2.43. The fourth-order valence-corrected chi connectivity index (χ4v) is 3.56. The predicted octanol–water partition coefficient (Wildman–Crippen LogP) is 2.25. The summed E-state index contributed by atoms with van der Waals surface area (Å²) in [7, 11) is 0. The highest BCUT2D eigenvalue weighted by molar-refractivity contribution is 5.01. The molecular formula is C14H25NO2. The third kappa shape index (κ3) is 2.13. The van der Waals surface area contributed by atoms with Crippen LogP contribution in [0.15, 0.2) is 0 Å². The molecule has 3 heteroatoms. The van der Waals surface area contributed by atoms with Crippen LogP contribution in [0.25, 0.3) is 0 Å². The van der Waals surface area contributed by atoms with Gasteiger partial charge in [0.15, 0.2) is 0 Å². The first-order valence-corrected chi connectivity index (χ1v) is 7.15. The van der Waals surface area contributed by atoms with Crippen molar-refractivity contribution in [3.8, 4) is 0 Å². The van der Waals surface area contributed by atoms with E-state index in [1.54, 1.807) is 0 Å². The second kappa shape index (κ2) is 4.22. The van der Waals surface area contributed by atoms with Crippen LogP contribution in [0.1, 0.15) is 52.4 Å². The first kappa shape index (κ1) is 11.9. The molecule has 0 aromatic rings. The van der Waals surface area contributed by atoms with E-state index in [1.165, 1.54) is 25.7 Å². The number of rotatable bonds is 2. The fraction of sp³-hybridized carbons (Fsp3) is 1.00. The van der Waals surface area contributed by atoms with E-state index in [4.69, 9.17) is 9.47 Å². The van der Waals surface area contributed by atoms with Crippen LogP contribution in [0.2, 0.25) is 0 Å². The second-order valence-electron chi connectivity index (χ2n) is 6.40. The van der Waals surface area contributed by atoms with Gasteiger partial charge in [0.25, 0.3) is 0 Å². The number of hydrogen-bond donors (Lipinski definition) is 1. The molecule has 1 aliphatic carbocycles. The fourth-order valence-electron chi connectivity index (χ4n) is 3.56. The summed E-state index contributed by atoms with van der Waals surface area (Å²) in [5, 5.41) is 3.86. The van der Waals surface area contributed by atoms with E-state index in [2.05, 4.69) is 19.2 Å². The van der Waals surface area contributed by atoms with Crippen molar-refractivity contribution in [3.05, 3.63) is 0 Å². The Balaban J connectivity index is 1.61. The van der Waals surface area contributed by atoms with Crippen molar-refractivity contribution in [2.75, 3.05) is 13.2 Å². The molecule has 3 aliphatic rings. The zero-order valence-corrected chi connectivity index (χ0v) is 11.1. The van der Waals surface area contributed by atoms with Gasteiger partial charge in [-0.25, -0.2) is 0 Å². The molecule has 3 nitrogen and oxygen atoms in total. The van der Waals surface area contributed by atoms with Gasteiger partial charge in [-0.1, -0.05) is 0 Å². The third-order valence-corrected chi connectivity index (χ3v) is 5.18. The highest BCUT2D eigenvalue weighted by atomic mass is 16.5. The quantitative estimate of drug-likeness (QED) is 0.801. The van der Waals surface area contributed by atoms with Crippen molar-refractivity contribution >= 4 is 0 Å². The Bertz CT molecular complexity index is 290. The molecule has 0 amide bonds. The Morgan fingerprint density at radius 3 is 2.59 bits per heavy atom. The molecule has 2 heterocycles. The van der Waals surface area contributed by atoms with E-state index < -0.39 is 0 Å². The molecule has 3 rings (SSSR count). The SMILES string of the molecule is CC1OCCC1(C)NC1CCOC2(CCC2)C1. The average Bonchev–Trinajstić information content (AvgIpc) is 2.57. The van der Waals surface area contributed by atoms with Crippen LogP contribution in [-0.4, -0.2) is 36.5 Å². The maximum atomic E-state index is 5.98. The van der Waals surface area contributed by atoms with Crippen LogP contribution < -0.4 is 5.32 Å². The van der Waals surface area contributed by atoms with Gasteiger partial charge in [-0.15, -0.1) is 0 Å². The Kier molecular flexibility index (Phi) is 2.96. The highest BCUT2D eigenvalue weighted by Gasteiger charge is 2.45. The lowest BCUT2D eigenvalue weighted by atomic mass is 9.73. The molecule has 3 fully saturated rings. The lowest BCUT2D eigenvalue weighted by Crippen LogP contribution is -2.58. The molecule has 2 aliphatic heterocycles. The third-order valence-electron chi connectivity index (χ3n) is 5.18. The monoisotopic (exact) mass is 239 g/mol. The molecule has 2 saturated heterocycles. The van der Waals surface area contributed by atoms with Crippen molar-refractivity contribution in [2.24, 2.45) is 0 Å². The zero-order valence-electron chi connectivity index (χ0n) is 11.1. The molecule has 1 N–H and O–H groups in total. The molecule has 0 radical (unpaired) electrons. The van der Waals surface area contributed by atoms with Crippen molar-refractivity contribution < 1.29 is 9.47 Å². The molecule has 3 unspecified atom stereocenters. The van der Waals surface area contributed by atoms with Crippen LogP contribution in [0.3, 0.4) is 0 Å². The molecule has 0 aromatic heterocycles. The lowest BCUT2D eigenvalue weighted by Gasteiger charge is -2.49. The van der Waals surface area contributed by atoms with Crippen LogP contribution in [-0.2, 0) is 9.47 Å². The van der Waals surface area contributed by atoms with Gasteiger partial charge in [-0.05, 0) is 52.4 Å². The largest absolute Gasteiger partial charge is 0.377 e. The first-order chi connectivity index (χ1) is 8.12. The number of ether oxygens (including phenoxy) is 2. The van der Waals surface area contributed by atoms with E-state index in [1.807, 2.05) is 0 Å². The molecule has 0 bridgehead atoms. The van der Waals surface area contributed by atoms with E-state index in [0.29, 0.717) is 12.1 Å². The molecule has 17 heavy (non-hydrogen) atoms. The van der Waals surface area contributed by atoms with Crippen molar-refractivity contribution in [1.82, 2.24) is 5.32 Å². The summed E-state index contributed by atoms with van der Waals surface area (Å²) in [6, 6.07) is 0.623. The van der Waals surface area contributed by atoms with E-state index >= 15 is 0 Å². The van der Waals surface area contributed by atoms with Gasteiger partial charge in [-0.2, -0.15) is 0 Å². The Morgan fingerprint density at radius 1 is 1.18 bits per heavy atom. The average molecular weight is 239 g/mol. The molecule has 0 aromatic carbocycles. The van der Waals surface area contributed by atoms with Crippen molar-refractivity contribution in [3.63, 3.8) is 0 Å². The normalized spacial score (nSPS) is 44.8. The summed E-state index contributed by atoms with van der Waals surface area (Å²) in [6.45, 7) is 6.34. The van der Waals surface area contributed by atoms with Crippen molar-refractivity contribution in [2.45, 2.75) is 75.7 Å². The van der Waals surface area contributed by atoms with E-state index in [9.17, 15) is 0 Å². The molecule has 98 valence electrons. The van der Waals surface area contributed by atoms with E-state index in [-0.39, 0.29) is 11.1 Å². The van der Waals surface area contributed by atoms with Crippen molar-refractivity contribution in [1.29, 1.82) is 0 Å². The lowest BCUT2D eigenvalue weighted by molar-refractivity contribution is -0.138. The molecule has 1 saturated carbocycles. The van der Waals surface area contributed by atoms with Gasteiger partial charge in [0, 0.05) is 24.8 Å². The standard InChI is InChI=1S/C14H25NO2/c1-11-13(2,7-9-16-11)15-12-4-8-17-14(10-12)5-3-6-14/h11-12,15H,3-10H2,1-2H3. The second-order valence-corrected chi connectivity index (χ2v) is 6.40. The summed E-state index contributed by atoms with van der Waals surface area (Å²) < 4.78 is 11.7. The van der Waals surface area contributed by atoms with Crippen LogP contribution >= 0.6 is 0 Å². The minimum absolute atomic E-state index is 0.174. The van der Waals surface area contributed by atoms with Gasteiger partial charge in [0.2, 0.25) is 0 Å². The van der Waals surface area contributed by atoms with Crippen LogP contribution in [0.4, 0.5) is 0 Å². The Hall–Kier alpha value is -0.120. The van der Waals surface area contributed by atoms with Crippen LogP contribution in [0.5, 0.6) is 0 Å². The maximum absolute atomic E-state index is 5.98. The van der Waals surface area contributed by atoms with Gasteiger partial charge in [0.05, 0.1) is 11.7 Å². The topological polar surface area (TPSA) is 30.5 Å². The molecular weight excluding hydrogens is 214 g/mol. The van der Waals surface area contributed by atoms with Gasteiger partial charge < -0.3 is 14.8 Å². The van der Waals surface area contributed by atoms with E-state index in [0.717, 1.165) is 26.1 Å². The van der Waals surface area contributed by atoms with Gasteiger partial charge >= 0.3 is 0 Å². The van der Waals surface area contributed by atoms with Gasteiger partial charge in [0.1, 0.15) is 0 Å². The summed E-state index contributed by atoms with van der Waals surface area (Å²) in [4.78, 5) is 0. The zero-order chi connectivity index (χ0) is 11.9. The maximum Gasteiger partial charge on any atom is 0.0726 e. The smallest absolute Gasteiger partial charge is 0.0726 e. The minimum atomic E-state index is 0.174. The number of nitrogens with one attached hydrogen (secondary N) is 1. The molecule has 3 atom stereocenters. The summed E-state index contributed by atoms with van der Waals surface area (Å²) in [5.74, 6) is 0. The summed E-state index contributed by atoms with van der Waals surface area (Å²) >= 11 is 0. The van der Waals surface area contributed by atoms with Gasteiger partial charge in [-0.3, -0.25) is 0 Å². The minimum Gasteiger partial charge on any atom is -0.377 e.